The Morgan fingerprint density at radius 3 is 2.34 bits per heavy atom. The van der Waals surface area contributed by atoms with Gasteiger partial charge in [0.15, 0.2) is 0 Å². The van der Waals surface area contributed by atoms with Crippen molar-refractivity contribution in [1.82, 2.24) is 9.47 Å². The number of benzene rings is 1. The van der Waals surface area contributed by atoms with Crippen LogP contribution < -0.4 is 0 Å². The predicted molar refractivity (Wildman–Crippen MR) is 109 cm³/mol. The largest absolute Gasteiger partial charge is 0.464 e. The van der Waals surface area contributed by atoms with E-state index in [1.54, 1.807) is 17.0 Å². The highest BCUT2D eigenvalue weighted by molar-refractivity contribution is 5.92. The van der Waals surface area contributed by atoms with Crippen LogP contribution in [-0.2, 0) is 4.74 Å². The number of amides is 1. The molecule has 1 N–H and O–H groups in total. The third-order valence-electron chi connectivity index (χ3n) is 5.38. The summed E-state index contributed by atoms with van der Waals surface area (Å²) in [6, 6.07) is 3.38. The minimum absolute atomic E-state index is 0.00290. The van der Waals surface area contributed by atoms with Gasteiger partial charge in [0.2, 0.25) is 0 Å². The number of hydrogen-bond acceptors (Lipinski definition) is 3. The van der Waals surface area contributed by atoms with E-state index in [2.05, 4.69) is 0 Å². The molecule has 0 saturated carbocycles. The highest BCUT2D eigenvalue weighted by Crippen LogP contribution is 2.37. The number of halogens is 1. The maximum absolute atomic E-state index is 15.5. The zero-order chi connectivity index (χ0) is 21.5. The van der Waals surface area contributed by atoms with Crippen LogP contribution in [0.4, 0.5) is 14.0 Å². The first-order valence-corrected chi connectivity index (χ1v) is 10.0. The molecule has 1 aromatic carbocycles. The summed E-state index contributed by atoms with van der Waals surface area (Å²) in [5, 5.41) is 9.82. The van der Waals surface area contributed by atoms with Crippen molar-refractivity contribution in [2.45, 2.75) is 64.9 Å². The fourth-order valence-electron chi connectivity index (χ4n) is 3.94. The van der Waals surface area contributed by atoms with Gasteiger partial charge in [0.05, 0.1) is 5.52 Å². The zero-order valence-corrected chi connectivity index (χ0v) is 17.7. The van der Waals surface area contributed by atoms with Crippen molar-refractivity contribution < 1.29 is 23.8 Å². The molecule has 2 aromatic rings. The third kappa shape index (κ3) is 4.23. The Hall–Kier alpha value is -2.57. The van der Waals surface area contributed by atoms with Gasteiger partial charge in [-0.1, -0.05) is 19.9 Å². The first-order valence-electron chi connectivity index (χ1n) is 10.0. The van der Waals surface area contributed by atoms with E-state index in [1.807, 2.05) is 34.6 Å². The normalized spacial score (nSPS) is 15.9. The van der Waals surface area contributed by atoms with E-state index in [0.29, 0.717) is 48.0 Å². The summed E-state index contributed by atoms with van der Waals surface area (Å²) < 4.78 is 22.0. The molecule has 3 rings (SSSR count). The van der Waals surface area contributed by atoms with Gasteiger partial charge in [0.1, 0.15) is 11.4 Å². The van der Waals surface area contributed by atoms with Gasteiger partial charge in [0.25, 0.3) is 0 Å². The van der Waals surface area contributed by atoms with Crippen LogP contribution >= 0.6 is 0 Å². The van der Waals surface area contributed by atoms with Crippen molar-refractivity contribution >= 4 is 23.1 Å². The molecule has 0 bridgehead atoms. The van der Waals surface area contributed by atoms with Gasteiger partial charge in [-0.2, -0.15) is 0 Å². The number of ether oxygens (including phenoxy) is 1. The summed E-state index contributed by atoms with van der Waals surface area (Å²) >= 11 is 0. The van der Waals surface area contributed by atoms with Crippen molar-refractivity contribution in [2.75, 3.05) is 13.1 Å². The third-order valence-corrected chi connectivity index (χ3v) is 5.38. The van der Waals surface area contributed by atoms with E-state index in [1.165, 1.54) is 6.20 Å². The predicted octanol–water partition coefficient (Wildman–Crippen LogP) is 5.54. The molecule has 1 aliphatic heterocycles. The molecular formula is C22H29FN2O4. The van der Waals surface area contributed by atoms with Crippen LogP contribution in [0.15, 0.2) is 18.3 Å². The van der Waals surface area contributed by atoms with Gasteiger partial charge in [-0.05, 0) is 62.6 Å². The molecule has 1 fully saturated rings. The Labute approximate surface area is 170 Å². The lowest BCUT2D eigenvalue weighted by Gasteiger charge is -2.33. The highest BCUT2D eigenvalue weighted by atomic mass is 19.1. The molecule has 6 nitrogen and oxygen atoms in total. The summed E-state index contributed by atoms with van der Waals surface area (Å²) in [4.78, 5) is 25.5. The molecule has 0 aliphatic carbocycles. The summed E-state index contributed by atoms with van der Waals surface area (Å²) in [6.07, 6.45) is 1.32. The minimum atomic E-state index is -1.13. The molecule has 1 aliphatic rings. The smallest absolute Gasteiger partial charge is 0.416 e. The Morgan fingerprint density at radius 1 is 1.21 bits per heavy atom. The van der Waals surface area contributed by atoms with Crippen LogP contribution in [0, 0.1) is 5.82 Å². The molecule has 7 heteroatoms. The molecule has 1 amide bonds. The van der Waals surface area contributed by atoms with Gasteiger partial charge >= 0.3 is 12.2 Å². The van der Waals surface area contributed by atoms with E-state index >= 15 is 4.39 Å². The summed E-state index contributed by atoms with van der Waals surface area (Å²) in [7, 11) is 0. The van der Waals surface area contributed by atoms with Crippen LogP contribution in [0.2, 0.25) is 0 Å². The van der Waals surface area contributed by atoms with Crippen molar-refractivity contribution in [3.8, 4) is 0 Å². The van der Waals surface area contributed by atoms with E-state index < -0.39 is 11.7 Å². The van der Waals surface area contributed by atoms with Gasteiger partial charge < -0.3 is 14.7 Å². The first-order chi connectivity index (χ1) is 13.5. The SMILES string of the molecule is CC(C)c1cn(C(=O)O)c2ccc(C3CCN(C(=O)OC(C)(C)C)CC3)c(F)c12. The highest BCUT2D eigenvalue weighted by Gasteiger charge is 2.30. The number of likely N-dealkylation sites (tertiary alicyclic amines) is 1. The van der Waals surface area contributed by atoms with E-state index in [0.717, 1.165) is 4.57 Å². The number of hydrogen-bond donors (Lipinski definition) is 1. The molecular weight excluding hydrogens is 375 g/mol. The number of aromatic nitrogens is 1. The Kier molecular flexibility index (Phi) is 5.61. The van der Waals surface area contributed by atoms with Crippen molar-refractivity contribution in [2.24, 2.45) is 0 Å². The summed E-state index contributed by atoms with van der Waals surface area (Å²) in [5.74, 6) is -0.370. The molecule has 158 valence electrons. The monoisotopic (exact) mass is 404 g/mol. The number of nitrogens with zero attached hydrogens (tertiary/aromatic N) is 2. The van der Waals surface area contributed by atoms with E-state index in [-0.39, 0.29) is 23.7 Å². The Morgan fingerprint density at radius 2 is 1.83 bits per heavy atom. The Balaban J connectivity index is 1.86. The molecule has 0 radical (unpaired) electrons. The molecule has 1 aromatic heterocycles. The van der Waals surface area contributed by atoms with Crippen LogP contribution in [0.1, 0.15) is 70.4 Å². The maximum atomic E-state index is 15.5. The van der Waals surface area contributed by atoms with Crippen LogP contribution in [-0.4, -0.2) is 45.5 Å². The molecule has 0 spiro atoms. The van der Waals surface area contributed by atoms with Crippen LogP contribution in [0.5, 0.6) is 0 Å². The van der Waals surface area contributed by atoms with E-state index in [4.69, 9.17) is 4.74 Å². The lowest BCUT2D eigenvalue weighted by Crippen LogP contribution is -2.41. The first kappa shape index (κ1) is 21.1. The standard InChI is InChI=1S/C22H29FN2O4/c1-13(2)16-12-25(20(26)27)17-7-6-15(19(23)18(16)17)14-8-10-24(11-9-14)21(28)29-22(3,4)5/h6-7,12-14H,8-11H2,1-5H3,(H,26,27). The topological polar surface area (TPSA) is 71.8 Å². The van der Waals surface area contributed by atoms with Gasteiger partial charge in [-0.3, -0.25) is 4.57 Å². The number of carbonyl (C=O) groups excluding carboxylic acids is 1. The second-order valence-electron chi connectivity index (χ2n) is 9.00. The molecule has 29 heavy (non-hydrogen) atoms. The van der Waals surface area contributed by atoms with Gasteiger partial charge in [-0.25, -0.2) is 14.0 Å². The number of carbonyl (C=O) groups is 2. The van der Waals surface area contributed by atoms with Crippen molar-refractivity contribution in [1.29, 1.82) is 0 Å². The maximum Gasteiger partial charge on any atom is 0.416 e. The number of fused-ring (bicyclic) bond motifs is 1. The lowest BCUT2D eigenvalue weighted by atomic mass is 9.87. The van der Waals surface area contributed by atoms with Crippen molar-refractivity contribution in [3.05, 3.63) is 35.3 Å². The zero-order valence-electron chi connectivity index (χ0n) is 17.7. The summed E-state index contributed by atoms with van der Waals surface area (Å²) in [5.41, 5.74) is 1.10. The molecule has 0 unspecified atom stereocenters. The van der Waals surface area contributed by atoms with Crippen LogP contribution in [0.25, 0.3) is 10.9 Å². The lowest BCUT2D eigenvalue weighted by molar-refractivity contribution is 0.0204. The molecule has 1 saturated heterocycles. The average molecular weight is 404 g/mol. The number of rotatable bonds is 2. The fourth-order valence-corrected chi connectivity index (χ4v) is 3.94. The second-order valence-corrected chi connectivity index (χ2v) is 9.00. The second kappa shape index (κ2) is 7.69. The van der Waals surface area contributed by atoms with Crippen LogP contribution in [0.3, 0.4) is 0 Å². The fraction of sp³-hybridized carbons (Fsp3) is 0.545. The Bertz CT molecular complexity index is 934. The van der Waals surface area contributed by atoms with Gasteiger partial charge in [-0.15, -0.1) is 0 Å². The number of carboxylic acid groups (broad SMARTS) is 1. The minimum Gasteiger partial charge on any atom is -0.464 e. The average Bonchev–Trinajstić information content (AvgIpc) is 3.02. The number of piperidine rings is 1. The van der Waals surface area contributed by atoms with E-state index in [9.17, 15) is 14.7 Å². The quantitative estimate of drug-likeness (QED) is 0.713. The molecule has 0 atom stereocenters. The summed E-state index contributed by atoms with van der Waals surface area (Å²) in [6.45, 7) is 10.3. The molecule has 2 heterocycles. The van der Waals surface area contributed by atoms with Gasteiger partial charge in [0, 0.05) is 24.7 Å². The van der Waals surface area contributed by atoms with Crippen molar-refractivity contribution in [3.63, 3.8) is 0 Å².